The van der Waals surface area contributed by atoms with Crippen molar-refractivity contribution in [1.82, 2.24) is 15.6 Å². The number of nitrogens with zero attached hydrogens (tertiary/aromatic N) is 1. The van der Waals surface area contributed by atoms with Crippen LogP contribution in [0, 0.1) is 5.92 Å². The van der Waals surface area contributed by atoms with E-state index < -0.39 is 12.1 Å². The molecule has 0 fully saturated rings. The molecule has 6 nitrogen and oxygen atoms in total. The third-order valence-corrected chi connectivity index (χ3v) is 4.42. The van der Waals surface area contributed by atoms with Crippen molar-refractivity contribution in [3.05, 3.63) is 72.1 Å². The van der Waals surface area contributed by atoms with Crippen LogP contribution in [-0.4, -0.2) is 34.2 Å². The Morgan fingerprint density at radius 1 is 1.07 bits per heavy atom. The van der Waals surface area contributed by atoms with Gasteiger partial charge in [-0.05, 0) is 49.0 Å². The number of rotatable bonds is 10. The molecule has 6 heteroatoms. The Morgan fingerprint density at radius 2 is 1.79 bits per heavy atom. The predicted molar refractivity (Wildman–Crippen MR) is 114 cm³/mol. The molecule has 154 valence electrons. The third kappa shape index (κ3) is 8.60. The normalized spacial score (nSPS) is 13.2. The van der Waals surface area contributed by atoms with Crippen LogP contribution in [0.15, 0.2) is 60.8 Å². The fourth-order valence-corrected chi connectivity index (χ4v) is 3.01. The van der Waals surface area contributed by atoms with Crippen molar-refractivity contribution < 1.29 is 14.7 Å². The Morgan fingerprint density at radius 3 is 2.41 bits per heavy atom. The van der Waals surface area contributed by atoms with Gasteiger partial charge in [-0.15, -0.1) is 0 Å². The van der Waals surface area contributed by atoms with E-state index in [2.05, 4.69) is 27.8 Å². The number of amides is 2. The van der Waals surface area contributed by atoms with Gasteiger partial charge in [-0.3, -0.25) is 9.78 Å². The van der Waals surface area contributed by atoms with Gasteiger partial charge in [0.25, 0.3) is 0 Å². The molecule has 2 atom stereocenters. The SMILES string of the molecule is CC(C)CC(NC(=O)O)C(=O)NC(/C=C/c1ccccn1)CCc1ccccc1. The van der Waals surface area contributed by atoms with Crippen molar-refractivity contribution >= 4 is 18.1 Å². The number of pyridine rings is 1. The number of hydrogen-bond acceptors (Lipinski definition) is 3. The minimum atomic E-state index is -1.20. The van der Waals surface area contributed by atoms with Crippen LogP contribution in [0.1, 0.15) is 37.9 Å². The van der Waals surface area contributed by atoms with E-state index in [4.69, 9.17) is 5.11 Å². The Labute approximate surface area is 172 Å². The molecule has 0 spiro atoms. The van der Waals surface area contributed by atoms with Gasteiger partial charge in [-0.2, -0.15) is 0 Å². The van der Waals surface area contributed by atoms with Crippen LogP contribution in [0.3, 0.4) is 0 Å². The molecule has 0 bridgehead atoms. The first-order chi connectivity index (χ1) is 13.9. The second-order valence-electron chi connectivity index (χ2n) is 7.38. The van der Waals surface area contributed by atoms with Gasteiger partial charge in [-0.1, -0.05) is 56.3 Å². The molecule has 3 N–H and O–H groups in total. The number of carbonyl (C=O) groups is 2. The zero-order valence-corrected chi connectivity index (χ0v) is 16.9. The number of carboxylic acid groups (broad SMARTS) is 1. The van der Waals surface area contributed by atoms with Crippen molar-refractivity contribution in [2.24, 2.45) is 5.92 Å². The highest BCUT2D eigenvalue weighted by Gasteiger charge is 2.23. The highest BCUT2D eigenvalue weighted by Crippen LogP contribution is 2.10. The Bertz CT molecular complexity index is 792. The average Bonchev–Trinajstić information content (AvgIpc) is 2.70. The zero-order chi connectivity index (χ0) is 21.1. The van der Waals surface area contributed by atoms with Crippen LogP contribution in [0.25, 0.3) is 6.08 Å². The molecule has 2 rings (SSSR count). The van der Waals surface area contributed by atoms with Crippen LogP contribution < -0.4 is 10.6 Å². The highest BCUT2D eigenvalue weighted by molar-refractivity contribution is 5.85. The van der Waals surface area contributed by atoms with E-state index in [1.807, 2.05) is 62.4 Å². The fourth-order valence-electron chi connectivity index (χ4n) is 3.01. The lowest BCUT2D eigenvalue weighted by Gasteiger charge is -2.22. The van der Waals surface area contributed by atoms with Gasteiger partial charge in [0.2, 0.25) is 5.91 Å². The molecule has 1 aromatic carbocycles. The van der Waals surface area contributed by atoms with E-state index >= 15 is 0 Å². The van der Waals surface area contributed by atoms with Crippen molar-refractivity contribution in [2.75, 3.05) is 0 Å². The second kappa shape index (κ2) is 11.6. The first-order valence-corrected chi connectivity index (χ1v) is 9.87. The molecule has 0 radical (unpaired) electrons. The Kier molecular flexibility index (Phi) is 8.89. The summed E-state index contributed by atoms with van der Waals surface area (Å²) in [5.41, 5.74) is 1.98. The number of aryl methyl sites for hydroxylation is 1. The molecule has 1 heterocycles. The molecule has 0 saturated heterocycles. The summed E-state index contributed by atoms with van der Waals surface area (Å²) in [6.07, 6.45) is 6.23. The number of hydrogen-bond donors (Lipinski definition) is 3. The van der Waals surface area contributed by atoms with E-state index in [9.17, 15) is 9.59 Å². The predicted octanol–water partition coefficient (Wildman–Crippen LogP) is 3.89. The van der Waals surface area contributed by atoms with Gasteiger partial charge in [0.05, 0.1) is 5.69 Å². The number of nitrogens with one attached hydrogen (secondary N) is 2. The summed E-state index contributed by atoms with van der Waals surface area (Å²) in [6, 6.07) is 14.7. The molecule has 29 heavy (non-hydrogen) atoms. The summed E-state index contributed by atoms with van der Waals surface area (Å²) in [6.45, 7) is 3.91. The first-order valence-electron chi connectivity index (χ1n) is 9.87. The summed E-state index contributed by atoms with van der Waals surface area (Å²) >= 11 is 0. The molecule has 0 saturated carbocycles. The lowest BCUT2D eigenvalue weighted by molar-refractivity contribution is -0.123. The maximum absolute atomic E-state index is 12.8. The van der Waals surface area contributed by atoms with Crippen molar-refractivity contribution in [2.45, 2.75) is 45.2 Å². The van der Waals surface area contributed by atoms with Crippen LogP contribution in [0.4, 0.5) is 4.79 Å². The monoisotopic (exact) mass is 395 g/mol. The van der Waals surface area contributed by atoms with Crippen LogP contribution in [-0.2, 0) is 11.2 Å². The molecule has 0 aliphatic rings. The second-order valence-corrected chi connectivity index (χ2v) is 7.38. The lowest BCUT2D eigenvalue weighted by atomic mass is 10.0. The molecule has 2 amide bonds. The first kappa shape index (κ1) is 22.1. The van der Waals surface area contributed by atoms with Crippen LogP contribution in [0.5, 0.6) is 0 Å². The summed E-state index contributed by atoms with van der Waals surface area (Å²) in [5.74, 6) is -0.130. The molecule has 0 aliphatic heterocycles. The fraction of sp³-hybridized carbons (Fsp3) is 0.348. The van der Waals surface area contributed by atoms with E-state index in [1.54, 1.807) is 6.20 Å². The maximum atomic E-state index is 12.8. The van der Waals surface area contributed by atoms with E-state index in [-0.39, 0.29) is 17.9 Å². The number of aromatic nitrogens is 1. The quantitative estimate of drug-likeness (QED) is 0.569. The Balaban J connectivity index is 2.10. The van der Waals surface area contributed by atoms with Gasteiger partial charge in [-0.25, -0.2) is 4.79 Å². The lowest BCUT2D eigenvalue weighted by Crippen LogP contribution is -2.49. The molecule has 1 aromatic heterocycles. The van der Waals surface area contributed by atoms with Crippen LogP contribution in [0.2, 0.25) is 0 Å². The molecule has 0 aliphatic carbocycles. The third-order valence-electron chi connectivity index (χ3n) is 4.42. The zero-order valence-electron chi connectivity index (χ0n) is 16.9. The molecular formula is C23H29N3O3. The molecule has 2 unspecified atom stereocenters. The van der Waals surface area contributed by atoms with Crippen molar-refractivity contribution in [3.8, 4) is 0 Å². The summed E-state index contributed by atoms with van der Waals surface area (Å²) in [5, 5.41) is 14.4. The minimum absolute atomic E-state index is 0.185. The number of benzene rings is 1. The average molecular weight is 396 g/mol. The van der Waals surface area contributed by atoms with Gasteiger partial charge >= 0.3 is 6.09 Å². The standard InChI is InChI=1S/C23H29N3O3/c1-17(2)16-21(26-23(28)29)22(27)25-20(12-11-18-8-4-3-5-9-18)14-13-19-10-6-7-15-24-19/h3-10,13-15,17,20-21,26H,11-12,16H2,1-2H3,(H,25,27)(H,28,29)/b14-13+. The summed E-state index contributed by atoms with van der Waals surface area (Å²) in [7, 11) is 0. The largest absolute Gasteiger partial charge is 0.465 e. The van der Waals surface area contributed by atoms with E-state index in [0.717, 1.165) is 12.1 Å². The van der Waals surface area contributed by atoms with Gasteiger partial charge in [0.15, 0.2) is 0 Å². The molecular weight excluding hydrogens is 366 g/mol. The summed E-state index contributed by atoms with van der Waals surface area (Å²) in [4.78, 5) is 28.1. The smallest absolute Gasteiger partial charge is 0.405 e. The van der Waals surface area contributed by atoms with Gasteiger partial charge in [0, 0.05) is 12.2 Å². The summed E-state index contributed by atoms with van der Waals surface area (Å²) < 4.78 is 0. The van der Waals surface area contributed by atoms with Gasteiger partial charge in [0.1, 0.15) is 6.04 Å². The van der Waals surface area contributed by atoms with E-state index in [0.29, 0.717) is 12.8 Å². The topological polar surface area (TPSA) is 91.3 Å². The maximum Gasteiger partial charge on any atom is 0.405 e. The minimum Gasteiger partial charge on any atom is -0.465 e. The Hall–Kier alpha value is -3.15. The van der Waals surface area contributed by atoms with Gasteiger partial charge < -0.3 is 15.7 Å². The highest BCUT2D eigenvalue weighted by atomic mass is 16.4. The van der Waals surface area contributed by atoms with Crippen LogP contribution >= 0.6 is 0 Å². The van der Waals surface area contributed by atoms with Crippen molar-refractivity contribution in [3.63, 3.8) is 0 Å². The molecule has 2 aromatic rings. The van der Waals surface area contributed by atoms with E-state index in [1.165, 1.54) is 5.56 Å². The number of carbonyl (C=O) groups excluding carboxylic acids is 1. The van der Waals surface area contributed by atoms with Crippen molar-refractivity contribution in [1.29, 1.82) is 0 Å².